The Labute approximate surface area is 157 Å². The van der Waals surface area contributed by atoms with Crippen LogP contribution < -0.4 is 4.90 Å². The van der Waals surface area contributed by atoms with Gasteiger partial charge in [0.1, 0.15) is 0 Å². The van der Waals surface area contributed by atoms with Gasteiger partial charge in [-0.1, -0.05) is 18.2 Å². The number of aryl methyl sites for hydroxylation is 2. The maximum absolute atomic E-state index is 12.5. The van der Waals surface area contributed by atoms with E-state index in [1.165, 1.54) is 4.90 Å². The lowest BCUT2D eigenvalue weighted by Gasteiger charge is -2.21. The molecule has 3 aromatic rings. The number of benzene rings is 2. The third-order valence-electron chi connectivity index (χ3n) is 4.42. The van der Waals surface area contributed by atoms with E-state index < -0.39 is 12.1 Å². The van der Waals surface area contributed by atoms with Crippen molar-refractivity contribution in [3.05, 3.63) is 65.5 Å². The molecule has 0 aliphatic heterocycles. The van der Waals surface area contributed by atoms with E-state index in [0.717, 1.165) is 17.1 Å². The number of rotatable bonds is 4. The molecule has 1 amide bonds. The largest absolute Gasteiger partial charge is 0.449 e. The van der Waals surface area contributed by atoms with Crippen LogP contribution in [0.3, 0.4) is 0 Å². The Morgan fingerprint density at radius 3 is 2.26 bits per heavy atom. The van der Waals surface area contributed by atoms with Gasteiger partial charge in [-0.05, 0) is 51.1 Å². The highest BCUT2D eigenvalue weighted by atomic mass is 16.5. The second kappa shape index (κ2) is 7.53. The van der Waals surface area contributed by atoms with Crippen molar-refractivity contribution in [2.45, 2.75) is 26.9 Å². The van der Waals surface area contributed by atoms with Gasteiger partial charge < -0.3 is 9.64 Å². The molecule has 27 heavy (non-hydrogen) atoms. The maximum atomic E-state index is 12.5. The molecule has 2 aromatic carbocycles. The summed E-state index contributed by atoms with van der Waals surface area (Å²) >= 11 is 0. The third-order valence-corrected chi connectivity index (χ3v) is 4.42. The van der Waals surface area contributed by atoms with E-state index in [2.05, 4.69) is 9.97 Å². The van der Waals surface area contributed by atoms with Gasteiger partial charge in [0.25, 0.3) is 5.91 Å². The predicted octanol–water partition coefficient (Wildman–Crippen LogP) is 3.45. The predicted molar refractivity (Wildman–Crippen MR) is 104 cm³/mol. The van der Waals surface area contributed by atoms with Crippen LogP contribution in [-0.4, -0.2) is 35.0 Å². The molecule has 1 heterocycles. The number of hydrogen-bond donors (Lipinski definition) is 0. The van der Waals surface area contributed by atoms with Gasteiger partial charge in [-0.15, -0.1) is 0 Å². The SMILES string of the molecule is Cc1nc2ccc(C(=O)O[C@H](C)C(=O)N(C)c3ccccc3)cc2nc1C. The molecule has 0 saturated heterocycles. The first-order chi connectivity index (χ1) is 12.9. The number of esters is 1. The van der Waals surface area contributed by atoms with Crippen LogP contribution in [0, 0.1) is 13.8 Å². The van der Waals surface area contributed by atoms with Crippen molar-refractivity contribution >= 4 is 28.6 Å². The van der Waals surface area contributed by atoms with Crippen LogP contribution in [0.15, 0.2) is 48.5 Å². The fraction of sp³-hybridized carbons (Fsp3) is 0.238. The smallest absolute Gasteiger partial charge is 0.338 e. The van der Waals surface area contributed by atoms with Crippen LogP contribution in [0.2, 0.25) is 0 Å². The number of para-hydroxylation sites is 1. The Bertz CT molecular complexity index is 1000. The molecule has 6 heteroatoms. The molecular weight excluding hydrogens is 342 g/mol. The lowest BCUT2D eigenvalue weighted by atomic mass is 10.2. The van der Waals surface area contributed by atoms with Gasteiger partial charge in [-0.3, -0.25) is 4.79 Å². The second-order valence-electron chi connectivity index (χ2n) is 6.38. The summed E-state index contributed by atoms with van der Waals surface area (Å²) in [5, 5.41) is 0. The van der Waals surface area contributed by atoms with E-state index in [0.29, 0.717) is 16.6 Å². The second-order valence-corrected chi connectivity index (χ2v) is 6.38. The summed E-state index contributed by atoms with van der Waals surface area (Å²) in [5.41, 5.74) is 4.05. The van der Waals surface area contributed by atoms with Crippen LogP contribution >= 0.6 is 0 Å². The summed E-state index contributed by atoms with van der Waals surface area (Å²) in [6, 6.07) is 14.2. The van der Waals surface area contributed by atoms with E-state index in [-0.39, 0.29) is 5.91 Å². The molecule has 0 radical (unpaired) electrons. The lowest BCUT2D eigenvalue weighted by molar-refractivity contribution is -0.126. The zero-order valence-electron chi connectivity index (χ0n) is 15.8. The highest BCUT2D eigenvalue weighted by Crippen LogP contribution is 2.17. The Kier molecular flexibility index (Phi) is 5.16. The molecule has 1 aromatic heterocycles. The highest BCUT2D eigenvalue weighted by molar-refractivity contribution is 5.99. The third kappa shape index (κ3) is 3.95. The molecule has 0 aliphatic carbocycles. The number of anilines is 1. The minimum Gasteiger partial charge on any atom is -0.449 e. The van der Waals surface area contributed by atoms with Crippen LogP contribution in [0.25, 0.3) is 11.0 Å². The van der Waals surface area contributed by atoms with E-state index in [1.807, 2.05) is 44.2 Å². The van der Waals surface area contributed by atoms with Crippen molar-refractivity contribution in [2.75, 3.05) is 11.9 Å². The van der Waals surface area contributed by atoms with Crippen molar-refractivity contribution in [3.63, 3.8) is 0 Å². The van der Waals surface area contributed by atoms with E-state index in [4.69, 9.17) is 4.74 Å². The number of likely N-dealkylation sites (N-methyl/N-ethyl adjacent to an activating group) is 1. The van der Waals surface area contributed by atoms with Gasteiger partial charge in [0, 0.05) is 12.7 Å². The number of aromatic nitrogens is 2. The molecule has 0 aliphatic rings. The molecule has 0 spiro atoms. The normalized spacial score (nSPS) is 11.9. The van der Waals surface area contributed by atoms with Crippen molar-refractivity contribution in [1.29, 1.82) is 0 Å². The molecule has 6 nitrogen and oxygen atoms in total. The number of carbonyl (C=O) groups is 2. The molecule has 138 valence electrons. The topological polar surface area (TPSA) is 72.4 Å². The molecule has 0 saturated carbocycles. The highest BCUT2D eigenvalue weighted by Gasteiger charge is 2.23. The first-order valence-electron chi connectivity index (χ1n) is 8.65. The molecule has 0 unspecified atom stereocenters. The molecule has 1 atom stereocenters. The summed E-state index contributed by atoms with van der Waals surface area (Å²) < 4.78 is 5.37. The van der Waals surface area contributed by atoms with Gasteiger partial charge in [-0.25, -0.2) is 14.8 Å². The van der Waals surface area contributed by atoms with E-state index in [1.54, 1.807) is 32.2 Å². The average molecular weight is 363 g/mol. The van der Waals surface area contributed by atoms with Gasteiger partial charge in [0.2, 0.25) is 0 Å². The number of ether oxygens (including phenoxy) is 1. The summed E-state index contributed by atoms with van der Waals surface area (Å²) in [7, 11) is 1.65. The first-order valence-corrected chi connectivity index (χ1v) is 8.65. The zero-order chi connectivity index (χ0) is 19.6. The van der Waals surface area contributed by atoms with Gasteiger partial charge in [0.05, 0.1) is 28.0 Å². The Balaban J connectivity index is 1.75. The molecular formula is C21H21N3O3. The Morgan fingerprint density at radius 1 is 0.963 bits per heavy atom. The molecule has 0 fully saturated rings. The first kappa shape index (κ1) is 18.5. The van der Waals surface area contributed by atoms with Crippen LogP contribution in [0.4, 0.5) is 5.69 Å². The summed E-state index contributed by atoms with van der Waals surface area (Å²) in [6.07, 6.45) is -0.913. The number of nitrogens with zero attached hydrogens (tertiary/aromatic N) is 3. The quantitative estimate of drug-likeness (QED) is 0.664. The summed E-state index contributed by atoms with van der Waals surface area (Å²) in [4.78, 5) is 35.4. The minimum absolute atomic E-state index is 0.304. The van der Waals surface area contributed by atoms with Crippen molar-refractivity contribution in [1.82, 2.24) is 9.97 Å². The number of amides is 1. The fourth-order valence-electron chi connectivity index (χ4n) is 2.69. The van der Waals surface area contributed by atoms with Gasteiger partial charge in [-0.2, -0.15) is 0 Å². The van der Waals surface area contributed by atoms with E-state index in [9.17, 15) is 9.59 Å². The molecule has 0 bridgehead atoms. The monoisotopic (exact) mass is 363 g/mol. The number of fused-ring (bicyclic) bond motifs is 1. The minimum atomic E-state index is -0.913. The maximum Gasteiger partial charge on any atom is 0.338 e. The number of hydrogen-bond acceptors (Lipinski definition) is 5. The lowest BCUT2D eigenvalue weighted by Crippen LogP contribution is -2.37. The zero-order valence-corrected chi connectivity index (χ0v) is 15.8. The van der Waals surface area contributed by atoms with Crippen LogP contribution in [0.5, 0.6) is 0 Å². The van der Waals surface area contributed by atoms with Crippen LogP contribution in [0.1, 0.15) is 28.7 Å². The Hall–Kier alpha value is -3.28. The van der Waals surface area contributed by atoms with Gasteiger partial charge >= 0.3 is 5.97 Å². The summed E-state index contributed by atoms with van der Waals surface area (Å²) in [5.74, 6) is -0.874. The fourth-order valence-corrected chi connectivity index (χ4v) is 2.69. The molecule has 3 rings (SSSR count). The average Bonchev–Trinajstić information content (AvgIpc) is 2.68. The van der Waals surface area contributed by atoms with Crippen molar-refractivity contribution in [3.8, 4) is 0 Å². The Morgan fingerprint density at radius 2 is 1.59 bits per heavy atom. The molecule has 0 N–H and O–H groups in total. The van der Waals surface area contributed by atoms with Crippen molar-refractivity contribution < 1.29 is 14.3 Å². The van der Waals surface area contributed by atoms with Gasteiger partial charge in [0.15, 0.2) is 6.10 Å². The summed E-state index contributed by atoms with van der Waals surface area (Å²) in [6.45, 7) is 5.32. The van der Waals surface area contributed by atoms with Crippen LogP contribution in [-0.2, 0) is 9.53 Å². The standard InChI is InChI=1S/C21H21N3O3/c1-13-14(2)23-19-12-16(10-11-18(19)22-13)21(26)27-15(3)20(25)24(4)17-8-6-5-7-9-17/h5-12,15H,1-4H3/t15-/m1/s1. The van der Waals surface area contributed by atoms with E-state index >= 15 is 0 Å². The van der Waals surface area contributed by atoms with Crippen molar-refractivity contribution in [2.24, 2.45) is 0 Å². The number of carbonyl (C=O) groups excluding carboxylic acids is 2.